The summed E-state index contributed by atoms with van der Waals surface area (Å²) in [5, 5.41) is 7.62. The Morgan fingerprint density at radius 2 is 1.77 bits per heavy atom. The van der Waals surface area contributed by atoms with Gasteiger partial charge in [-0.1, -0.05) is 18.2 Å². The molecule has 0 bridgehead atoms. The van der Waals surface area contributed by atoms with Crippen molar-refractivity contribution in [2.24, 2.45) is 0 Å². The number of anilines is 1. The molecule has 0 spiro atoms. The molecule has 0 saturated carbocycles. The molecule has 2 aromatic carbocycles. The third-order valence-corrected chi connectivity index (χ3v) is 5.52. The first-order valence-electron chi connectivity index (χ1n) is 9.72. The molecule has 2 heterocycles. The van der Waals surface area contributed by atoms with Crippen molar-refractivity contribution in [2.75, 3.05) is 26.6 Å². The number of benzene rings is 2. The van der Waals surface area contributed by atoms with Crippen LogP contribution in [-0.4, -0.2) is 37.0 Å². The highest BCUT2D eigenvalue weighted by Gasteiger charge is 2.33. The van der Waals surface area contributed by atoms with Crippen molar-refractivity contribution < 1.29 is 19.0 Å². The Labute approximate surface area is 175 Å². The number of aryl methyl sites for hydroxylation is 2. The van der Waals surface area contributed by atoms with Crippen LogP contribution in [0.4, 0.5) is 5.82 Å². The van der Waals surface area contributed by atoms with E-state index < -0.39 is 0 Å². The fourth-order valence-corrected chi connectivity index (χ4v) is 4.03. The molecule has 4 rings (SSSR count). The number of carbonyl (C=O) groups excluding carboxylic acids is 1. The maximum Gasteiger partial charge on any atom is 0.226 e. The largest absolute Gasteiger partial charge is 0.493 e. The van der Waals surface area contributed by atoms with E-state index in [1.165, 1.54) is 0 Å². The van der Waals surface area contributed by atoms with Gasteiger partial charge in [0.05, 0.1) is 33.2 Å². The summed E-state index contributed by atoms with van der Waals surface area (Å²) in [6.07, 6.45) is 2.11. The van der Waals surface area contributed by atoms with E-state index in [-0.39, 0.29) is 18.2 Å². The van der Waals surface area contributed by atoms with Crippen molar-refractivity contribution in [3.63, 3.8) is 0 Å². The number of nitrogens with one attached hydrogen (secondary N) is 1. The summed E-state index contributed by atoms with van der Waals surface area (Å²) in [5.41, 5.74) is 4.93. The first-order valence-corrected chi connectivity index (χ1v) is 9.72. The molecule has 1 aliphatic rings. The van der Waals surface area contributed by atoms with E-state index in [0.29, 0.717) is 23.1 Å². The average Bonchev–Trinajstić information content (AvgIpc) is 3.17. The van der Waals surface area contributed by atoms with Crippen molar-refractivity contribution in [3.05, 3.63) is 58.8 Å². The van der Waals surface area contributed by atoms with Gasteiger partial charge in [0.25, 0.3) is 0 Å². The van der Waals surface area contributed by atoms with Crippen LogP contribution in [0.5, 0.6) is 17.2 Å². The van der Waals surface area contributed by atoms with Gasteiger partial charge in [-0.25, -0.2) is 4.68 Å². The SMILES string of the molecule is COc1ccc(C2CC(=O)Nc3c2cnn3-c2cc(C)ccc2C)c(OC)c1OC. The minimum absolute atomic E-state index is 0.0728. The lowest BCUT2D eigenvalue weighted by atomic mass is 9.86. The summed E-state index contributed by atoms with van der Waals surface area (Å²) < 4.78 is 18.4. The van der Waals surface area contributed by atoms with E-state index in [1.807, 2.05) is 32.2 Å². The molecule has 30 heavy (non-hydrogen) atoms. The van der Waals surface area contributed by atoms with Crippen LogP contribution in [0.2, 0.25) is 0 Å². The maximum atomic E-state index is 12.7. The molecule has 1 N–H and O–H groups in total. The molecule has 1 aromatic heterocycles. The summed E-state index contributed by atoms with van der Waals surface area (Å²) in [7, 11) is 4.74. The smallest absolute Gasteiger partial charge is 0.226 e. The van der Waals surface area contributed by atoms with Crippen molar-refractivity contribution in [2.45, 2.75) is 26.2 Å². The number of nitrogens with zero attached hydrogens (tertiary/aromatic N) is 2. The van der Waals surface area contributed by atoms with Crippen LogP contribution in [0.1, 0.15) is 34.6 Å². The molecule has 1 amide bonds. The topological polar surface area (TPSA) is 74.6 Å². The second-order valence-corrected chi connectivity index (χ2v) is 7.38. The van der Waals surface area contributed by atoms with E-state index in [2.05, 4.69) is 28.6 Å². The first kappa shape index (κ1) is 19.8. The highest BCUT2D eigenvalue weighted by atomic mass is 16.5. The van der Waals surface area contributed by atoms with Crippen molar-refractivity contribution >= 4 is 11.7 Å². The van der Waals surface area contributed by atoms with Crippen molar-refractivity contribution in [1.82, 2.24) is 9.78 Å². The molecule has 0 saturated heterocycles. The third kappa shape index (κ3) is 3.16. The quantitative estimate of drug-likeness (QED) is 0.692. The molecular weight excluding hydrogens is 382 g/mol. The normalized spacial score (nSPS) is 15.4. The summed E-state index contributed by atoms with van der Waals surface area (Å²) in [5.74, 6) is 2.03. The molecule has 1 atom stereocenters. The predicted molar refractivity (Wildman–Crippen MR) is 114 cm³/mol. The molecular formula is C23H25N3O4. The first-order chi connectivity index (χ1) is 14.5. The lowest BCUT2D eigenvalue weighted by Crippen LogP contribution is -2.25. The number of carbonyl (C=O) groups is 1. The van der Waals surface area contributed by atoms with Gasteiger partial charge in [-0.2, -0.15) is 5.10 Å². The van der Waals surface area contributed by atoms with Gasteiger partial charge < -0.3 is 19.5 Å². The molecule has 0 fully saturated rings. The van der Waals surface area contributed by atoms with Gasteiger partial charge in [0, 0.05) is 23.5 Å². The highest BCUT2D eigenvalue weighted by Crippen LogP contribution is 2.47. The van der Waals surface area contributed by atoms with Gasteiger partial charge in [0.15, 0.2) is 11.5 Å². The molecule has 3 aromatic rings. The Kier molecular flexibility index (Phi) is 5.11. The van der Waals surface area contributed by atoms with Crippen molar-refractivity contribution in [3.8, 4) is 22.9 Å². The fourth-order valence-electron chi connectivity index (χ4n) is 4.03. The van der Waals surface area contributed by atoms with Gasteiger partial charge in [-0.3, -0.25) is 4.79 Å². The van der Waals surface area contributed by atoms with Crippen LogP contribution in [0.25, 0.3) is 5.69 Å². The molecule has 1 unspecified atom stereocenters. The molecule has 7 heteroatoms. The van der Waals surface area contributed by atoms with E-state index >= 15 is 0 Å². The summed E-state index contributed by atoms with van der Waals surface area (Å²) >= 11 is 0. The van der Waals surface area contributed by atoms with E-state index in [0.717, 1.165) is 27.9 Å². The number of methoxy groups -OCH3 is 3. The minimum Gasteiger partial charge on any atom is -0.493 e. The lowest BCUT2D eigenvalue weighted by Gasteiger charge is -2.26. The van der Waals surface area contributed by atoms with Crippen molar-refractivity contribution in [1.29, 1.82) is 0 Å². The average molecular weight is 407 g/mol. The molecule has 0 aliphatic carbocycles. The monoisotopic (exact) mass is 407 g/mol. The Morgan fingerprint density at radius 3 is 2.47 bits per heavy atom. The Hall–Kier alpha value is -3.48. The summed E-state index contributed by atoms with van der Waals surface area (Å²) in [4.78, 5) is 12.7. The van der Waals surface area contributed by atoms with Crippen LogP contribution >= 0.6 is 0 Å². The number of amides is 1. The number of aromatic nitrogens is 2. The molecule has 0 radical (unpaired) electrons. The second-order valence-electron chi connectivity index (χ2n) is 7.38. The zero-order chi connectivity index (χ0) is 21.4. The van der Waals surface area contributed by atoms with E-state index in [4.69, 9.17) is 14.2 Å². The number of rotatable bonds is 5. The van der Waals surface area contributed by atoms with Gasteiger partial charge >= 0.3 is 0 Å². The molecule has 1 aliphatic heterocycles. The maximum absolute atomic E-state index is 12.7. The Bertz CT molecular complexity index is 1120. The summed E-state index contributed by atoms with van der Waals surface area (Å²) in [6, 6.07) is 9.93. The predicted octanol–water partition coefficient (Wildman–Crippen LogP) is 3.99. The Morgan fingerprint density at radius 1 is 1.00 bits per heavy atom. The van der Waals surface area contributed by atoms with E-state index in [9.17, 15) is 4.79 Å². The lowest BCUT2D eigenvalue weighted by molar-refractivity contribution is -0.116. The van der Waals surface area contributed by atoms with Crippen LogP contribution in [0.15, 0.2) is 36.5 Å². The van der Waals surface area contributed by atoms with Crippen LogP contribution in [-0.2, 0) is 4.79 Å². The number of hydrogen-bond donors (Lipinski definition) is 1. The minimum atomic E-state index is -0.220. The second kappa shape index (κ2) is 7.74. The zero-order valence-electron chi connectivity index (χ0n) is 17.8. The zero-order valence-corrected chi connectivity index (χ0v) is 17.8. The van der Waals surface area contributed by atoms with Crippen LogP contribution in [0, 0.1) is 13.8 Å². The molecule has 7 nitrogen and oxygen atoms in total. The van der Waals surface area contributed by atoms with Crippen LogP contribution < -0.4 is 19.5 Å². The standard InChI is InChI=1S/C23H25N3O4/c1-13-6-7-14(2)18(10-13)26-23-17(12-24-26)16(11-20(27)25-23)15-8-9-19(28-3)22(30-5)21(15)29-4/h6-10,12,16H,11H2,1-5H3,(H,25,27). The van der Waals surface area contributed by atoms with Gasteiger partial charge in [0.2, 0.25) is 11.7 Å². The fraction of sp³-hybridized carbons (Fsp3) is 0.304. The van der Waals surface area contributed by atoms with Gasteiger partial charge in [0.1, 0.15) is 5.82 Å². The number of ether oxygens (including phenoxy) is 3. The molecule has 156 valence electrons. The van der Waals surface area contributed by atoms with Crippen LogP contribution in [0.3, 0.4) is 0 Å². The van der Waals surface area contributed by atoms with Gasteiger partial charge in [-0.05, 0) is 37.1 Å². The summed E-state index contributed by atoms with van der Waals surface area (Å²) in [6.45, 7) is 4.07. The highest BCUT2D eigenvalue weighted by molar-refractivity contribution is 5.95. The Balaban J connectivity index is 1.88. The van der Waals surface area contributed by atoms with Gasteiger partial charge in [-0.15, -0.1) is 0 Å². The number of fused-ring (bicyclic) bond motifs is 1. The number of hydrogen-bond acceptors (Lipinski definition) is 5. The third-order valence-electron chi connectivity index (χ3n) is 5.52. The van der Waals surface area contributed by atoms with E-state index in [1.54, 1.807) is 26.0 Å².